The molecule has 11 heteroatoms. The average Bonchev–Trinajstić information content (AvgIpc) is 3.39. The second kappa shape index (κ2) is 9.92. The highest BCUT2D eigenvalue weighted by Crippen LogP contribution is 2.44. The summed E-state index contributed by atoms with van der Waals surface area (Å²) in [5.41, 5.74) is 2.16. The molecule has 0 saturated carbocycles. The van der Waals surface area contributed by atoms with Crippen LogP contribution in [0.2, 0.25) is 0 Å². The van der Waals surface area contributed by atoms with E-state index in [9.17, 15) is 18.3 Å². The summed E-state index contributed by atoms with van der Waals surface area (Å²) in [7, 11) is 0. The molecule has 0 aliphatic carbocycles. The van der Waals surface area contributed by atoms with Crippen LogP contribution in [0.3, 0.4) is 0 Å². The number of aliphatic hydroxyl groups excluding tert-OH is 1. The van der Waals surface area contributed by atoms with E-state index in [-0.39, 0.29) is 24.0 Å². The number of aromatic amines is 1. The predicted octanol–water partition coefficient (Wildman–Crippen LogP) is 4.93. The molecule has 2 aliphatic heterocycles. The summed E-state index contributed by atoms with van der Waals surface area (Å²) in [4.78, 5) is 6.65. The monoisotopic (exact) mass is 528 g/mol. The van der Waals surface area contributed by atoms with Crippen molar-refractivity contribution in [3.05, 3.63) is 52.0 Å². The van der Waals surface area contributed by atoms with Crippen LogP contribution in [0.15, 0.2) is 23.6 Å². The number of nitrogens with one attached hydrogen (secondary N) is 2. The highest BCUT2D eigenvalue weighted by Gasteiger charge is 2.43. The number of anilines is 1. The maximum absolute atomic E-state index is 15.6. The van der Waals surface area contributed by atoms with Gasteiger partial charge >= 0.3 is 0 Å². The number of hydrogen-bond donors (Lipinski definition) is 3. The number of halogens is 5. The number of fused-ring (bicyclic) bond motifs is 3. The van der Waals surface area contributed by atoms with E-state index < -0.39 is 42.8 Å². The van der Waals surface area contributed by atoms with Gasteiger partial charge in [0.2, 0.25) is 0 Å². The molecule has 1 aromatic carbocycles. The smallest absolute Gasteiger partial charge is 0.283 e. The van der Waals surface area contributed by atoms with Crippen molar-refractivity contribution in [1.29, 1.82) is 0 Å². The van der Waals surface area contributed by atoms with Crippen LogP contribution in [0.5, 0.6) is 0 Å². The summed E-state index contributed by atoms with van der Waals surface area (Å²) in [6.07, 6.45) is 0.895. The van der Waals surface area contributed by atoms with Gasteiger partial charge in [-0.15, -0.1) is 11.3 Å². The first-order valence-corrected chi connectivity index (χ1v) is 12.9. The Labute approximate surface area is 209 Å². The minimum absolute atomic E-state index is 0.00879. The van der Waals surface area contributed by atoms with Crippen LogP contribution in [0.25, 0.3) is 10.2 Å². The van der Waals surface area contributed by atoms with Gasteiger partial charge in [-0.05, 0) is 48.9 Å². The zero-order valence-corrected chi connectivity index (χ0v) is 20.7. The number of thiophene rings is 1. The lowest BCUT2D eigenvalue weighted by molar-refractivity contribution is -0.0869. The van der Waals surface area contributed by atoms with Crippen molar-refractivity contribution in [3.8, 4) is 0 Å². The van der Waals surface area contributed by atoms with E-state index in [0.29, 0.717) is 38.2 Å². The summed E-state index contributed by atoms with van der Waals surface area (Å²) in [5.74, 6) is -5.08. The Hall–Kier alpha value is -2.21. The van der Waals surface area contributed by atoms with Gasteiger partial charge in [-0.2, -0.15) is 0 Å². The van der Waals surface area contributed by atoms with Crippen LogP contribution >= 0.6 is 11.3 Å². The number of likely N-dealkylation sites (tertiary alicyclic amines) is 1. The summed E-state index contributed by atoms with van der Waals surface area (Å²) >= 11 is 1.50. The van der Waals surface area contributed by atoms with Gasteiger partial charge in [0.1, 0.15) is 18.2 Å². The molecule has 2 aromatic heterocycles. The molecule has 2 aliphatic rings. The summed E-state index contributed by atoms with van der Waals surface area (Å²) < 4.78 is 73.2. The number of nitrogens with zero attached hydrogens (tertiary/aromatic N) is 2. The fourth-order valence-corrected chi connectivity index (χ4v) is 6.34. The SMILES string of the molecule is CC1Cc2c([nH]c3ccsc23)C(c2c(F)cc(NC3CN(CCCF)C3)cc2F)N1CC(F)(F)CO. The Morgan fingerprint density at radius 3 is 2.61 bits per heavy atom. The van der Waals surface area contributed by atoms with Gasteiger partial charge in [0.15, 0.2) is 0 Å². The summed E-state index contributed by atoms with van der Waals surface area (Å²) in [6, 6.07) is 2.72. The predicted molar refractivity (Wildman–Crippen MR) is 131 cm³/mol. The molecule has 5 nitrogen and oxygen atoms in total. The zero-order valence-electron chi connectivity index (χ0n) is 19.8. The molecule has 0 amide bonds. The number of hydrogen-bond acceptors (Lipinski definition) is 5. The van der Waals surface area contributed by atoms with E-state index in [0.717, 1.165) is 15.8 Å². The van der Waals surface area contributed by atoms with E-state index in [1.165, 1.54) is 28.4 Å². The molecule has 1 fully saturated rings. The van der Waals surface area contributed by atoms with Crippen LogP contribution in [0, 0.1) is 11.6 Å². The summed E-state index contributed by atoms with van der Waals surface area (Å²) in [5, 5.41) is 14.2. The Bertz CT molecular complexity index is 1200. The van der Waals surface area contributed by atoms with E-state index in [4.69, 9.17) is 0 Å². The normalized spacial score (nSPS) is 21.6. The molecule has 5 rings (SSSR count). The fourth-order valence-electron chi connectivity index (χ4n) is 5.42. The third kappa shape index (κ3) is 4.73. The Morgan fingerprint density at radius 1 is 1.22 bits per heavy atom. The molecular formula is C25H29F5N4OS. The highest BCUT2D eigenvalue weighted by atomic mass is 32.1. The molecule has 0 spiro atoms. The lowest BCUT2D eigenvalue weighted by Crippen LogP contribution is -2.54. The first-order chi connectivity index (χ1) is 17.2. The van der Waals surface area contributed by atoms with Crippen LogP contribution in [0.4, 0.5) is 27.6 Å². The van der Waals surface area contributed by atoms with Gasteiger partial charge in [-0.25, -0.2) is 17.6 Å². The summed E-state index contributed by atoms with van der Waals surface area (Å²) in [6.45, 7) is 1.13. The number of rotatable bonds is 9. The molecular weight excluding hydrogens is 499 g/mol. The van der Waals surface area contributed by atoms with Crippen LogP contribution in [-0.4, -0.2) is 77.4 Å². The maximum Gasteiger partial charge on any atom is 0.283 e. The first kappa shape index (κ1) is 25.4. The van der Waals surface area contributed by atoms with Crippen LogP contribution in [-0.2, 0) is 6.42 Å². The average molecular weight is 529 g/mol. The van der Waals surface area contributed by atoms with Gasteiger partial charge in [0, 0.05) is 42.6 Å². The van der Waals surface area contributed by atoms with E-state index in [1.54, 1.807) is 6.92 Å². The molecule has 3 N–H and O–H groups in total. The molecule has 0 radical (unpaired) electrons. The zero-order chi connectivity index (χ0) is 25.6. The quantitative estimate of drug-likeness (QED) is 0.345. The number of H-pyrrole nitrogens is 1. The third-order valence-electron chi connectivity index (χ3n) is 7.14. The van der Waals surface area contributed by atoms with Gasteiger partial charge in [0.05, 0.1) is 35.5 Å². The molecule has 1 saturated heterocycles. The molecule has 2 atom stereocenters. The van der Waals surface area contributed by atoms with Crippen molar-refractivity contribution >= 4 is 27.2 Å². The van der Waals surface area contributed by atoms with E-state index in [1.807, 2.05) is 11.4 Å². The van der Waals surface area contributed by atoms with Crippen molar-refractivity contribution in [2.24, 2.45) is 0 Å². The number of alkyl halides is 3. The first-order valence-electron chi connectivity index (χ1n) is 12.1. The van der Waals surface area contributed by atoms with Gasteiger partial charge in [-0.1, -0.05) is 0 Å². The lowest BCUT2D eigenvalue weighted by Gasteiger charge is -2.42. The minimum Gasteiger partial charge on any atom is -0.390 e. The number of aromatic nitrogens is 1. The van der Waals surface area contributed by atoms with Crippen molar-refractivity contribution in [1.82, 2.24) is 14.8 Å². The van der Waals surface area contributed by atoms with Crippen molar-refractivity contribution in [2.75, 3.05) is 44.8 Å². The molecule has 2 unspecified atom stereocenters. The van der Waals surface area contributed by atoms with Crippen molar-refractivity contribution in [3.63, 3.8) is 0 Å². The second-order valence-corrected chi connectivity index (χ2v) is 10.7. The van der Waals surface area contributed by atoms with E-state index >= 15 is 8.78 Å². The third-order valence-corrected chi connectivity index (χ3v) is 8.11. The van der Waals surface area contributed by atoms with Gasteiger partial charge in [0.25, 0.3) is 5.92 Å². The van der Waals surface area contributed by atoms with Gasteiger partial charge in [-0.3, -0.25) is 14.2 Å². The van der Waals surface area contributed by atoms with Crippen LogP contribution in [0.1, 0.15) is 36.2 Å². The number of benzene rings is 1. The maximum atomic E-state index is 15.6. The molecule has 4 heterocycles. The number of aliphatic hydroxyl groups is 1. The Balaban J connectivity index is 1.48. The molecule has 3 aromatic rings. The topological polar surface area (TPSA) is 54.5 Å². The van der Waals surface area contributed by atoms with Crippen molar-refractivity contribution < 1.29 is 27.1 Å². The second-order valence-electron chi connectivity index (χ2n) is 9.82. The van der Waals surface area contributed by atoms with E-state index in [2.05, 4.69) is 15.2 Å². The van der Waals surface area contributed by atoms with Crippen LogP contribution < -0.4 is 5.32 Å². The fraction of sp³-hybridized carbons (Fsp3) is 0.520. The van der Waals surface area contributed by atoms with Gasteiger partial charge < -0.3 is 15.4 Å². The molecule has 196 valence electrons. The molecule has 36 heavy (non-hydrogen) atoms. The minimum atomic E-state index is -3.43. The van der Waals surface area contributed by atoms with Crippen molar-refractivity contribution in [2.45, 2.75) is 43.8 Å². The Morgan fingerprint density at radius 2 is 1.94 bits per heavy atom. The standard InChI is InChI=1S/C25H29F5N4OS/c1-14-7-17-22(32-20-3-6-36-24(17)20)23(34(14)12-25(29,30)13-35)21-18(27)8-15(9-19(21)28)31-16-10-33(11-16)5-2-4-26/h3,6,8-9,14,16,23,31-32,35H,2,4-5,7,10-13H2,1H3. The molecule has 0 bridgehead atoms. The lowest BCUT2D eigenvalue weighted by atomic mass is 9.88. The highest BCUT2D eigenvalue weighted by molar-refractivity contribution is 7.17. The largest absolute Gasteiger partial charge is 0.390 e. The Kier molecular flexibility index (Phi) is 7.01.